The zero-order valence-electron chi connectivity index (χ0n) is 9.21. The van der Waals surface area contributed by atoms with Gasteiger partial charge in [0.1, 0.15) is 12.4 Å². The third-order valence-electron chi connectivity index (χ3n) is 2.15. The molecule has 5 heteroatoms. The molecule has 0 aliphatic carbocycles. The number of ether oxygens (including phenoxy) is 1. The van der Waals surface area contributed by atoms with E-state index >= 15 is 0 Å². The Morgan fingerprint density at radius 1 is 1.41 bits per heavy atom. The van der Waals surface area contributed by atoms with Gasteiger partial charge in [-0.2, -0.15) is 0 Å². The van der Waals surface area contributed by atoms with Gasteiger partial charge in [0.05, 0.1) is 15.4 Å². The first-order valence-corrected chi connectivity index (χ1v) is 5.84. The molecule has 0 atom stereocenters. The summed E-state index contributed by atoms with van der Waals surface area (Å²) in [7, 11) is 0. The molecule has 0 aliphatic heterocycles. The largest absolute Gasteiger partial charge is 0.488 e. The summed E-state index contributed by atoms with van der Waals surface area (Å²) in [5.74, 6) is -0.282. The van der Waals surface area contributed by atoms with E-state index in [1.807, 2.05) is 6.92 Å². The Bertz CT molecular complexity index is 519. The van der Waals surface area contributed by atoms with Gasteiger partial charge in [0.25, 0.3) is 0 Å². The number of carboxylic acids is 1. The first kappa shape index (κ1) is 11.6. The van der Waals surface area contributed by atoms with Crippen molar-refractivity contribution in [3.05, 3.63) is 45.9 Å². The summed E-state index contributed by atoms with van der Waals surface area (Å²) < 4.78 is 5.52. The zero-order valence-corrected chi connectivity index (χ0v) is 10.0. The van der Waals surface area contributed by atoms with Crippen LogP contribution in [0.5, 0.6) is 5.75 Å². The van der Waals surface area contributed by atoms with Crippen molar-refractivity contribution in [3.63, 3.8) is 0 Å². The topological polar surface area (TPSA) is 59.4 Å². The van der Waals surface area contributed by atoms with Crippen LogP contribution in [0.15, 0.2) is 30.5 Å². The lowest BCUT2D eigenvalue weighted by molar-refractivity contribution is 0.0697. The maximum Gasteiger partial charge on any atom is 0.335 e. The molecular weight excluding hydrogens is 238 g/mol. The van der Waals surface area contributed by atoms with Crippen LogP contribution in [0.1, 0.15) is 20.2 Å². The molecule has 4 nitrogen and oxygen atoms in total. The zero-order chi connectivity index (χ0) is 12.3. The molecule has 17 heavy (non-hydrogen) atoms. The van der Waals surface area contributed by atoms with Crippen molar-refractivity contribution in [2.75, 3.05) is 0 Å². The van der Waals surface area contributed by atoms with Gasteiger partial charge in [-0.25, -0.2) is 9.78 Å². The van der Waals surface area contributed by atoms with E-state index in [2.05, 4.69) is 4.98 Å². The van der Waals surface area contributed by atoms with Crippen LogP contribution in [0, 0.1) is 6.92 Å². The molecule has 0 amide bonds. The third kappa shape index (κ3) is 3.04. The highest BCUT2D eigenvalue weighted by molar-refractivity contribution is 7.11. The molecule has 1 heterocycles. The van der Waals surface area contributed by atoms with Crippen LogP contribution in [-0.4, -0.2) is 16.1 Å². The number of hydrogen-bond acceptors (Lipinski definition) is 4. The number of aryl methyl sites for hydroxylation is 1. The van der Waals surface area contributed by atoms with Crippen molar-refractivity contribution < 1.29 is 14.6 Å². The minimum absolute atomic E-state index is 0.256. The number of aromatic nitrogens is 1. The fraction of sp³-hybridized carbons (Fsp3) is 0.167. The second-order valence-corrected chi connectivity index (χ2v) is 4.78. The molecule has 0 aliphatic rings. The SMILES string of the molecule is Cc1ncc(COc2ccc(C(=O)O)cc2)s1. The van der Waals surface area contributed by atoms with Gasteiger partial charge in [0.15, 0.2) is 0 Å². The van der Waals surface area contributed by atoms with E-state index in [0.717, 1.165) is 9.88 Å². The van der Waals surface area contributed by atoms with Crippen LogP contribution in [0.2, 0.25) is 0 Å². The molecule has 0 bridgehead atoms. The van der Waals surface area contributed by atoms with Crippen LogP contribution < -0.4 is 4.74 Å². The van der Waals surface area contributed by atoms with Crippen LogP contribution in [0.25, 0.3) is 0 Å². The van der Waals surface area contributed by atoms with Crippen molar-refractivity contribution in [1.82, 2.24) is 4.98 Å². The molecule has 0 spiro atoms. The lowest BCUT2D eigenvalue weighted by Crippen LogP contribution is -1.97. The van der Waals surface area contributed by atoms with Crippen molar-refractivity contribution in [2.24, 2.45) is 0 Å². The fourth-order valence-electron chi connectivity index (χ4n) is 1.32. The summed E-state index contributed by atoms with van der Waals surface area (Å²) in [5.41, 5.74) is 0.256. The highest BCUT2D eigenvalue weighted by Crippen LogP contribution is 2.17. The standard InChI is InChI=1S/C12H11NO3S/c1-8-13-6-11(17-8)7-16-10-4-2-9(3-5-10)12(14)15/h2-6H,7H2,1H3,(H,14,15). The molecule has 1 aromatic carbocycles. The Morgan fingerprint density at radius 2 is 2.12 bits per heavy atom. The van der Waals surface area contributed by atoms with Crippen molar-refractivity contribution in [3.8, 4) is 5.75 Å². The summed E-state index contributed by atoms with van der Waals surface area (Å²) in [6, 6.07) is 6.35. The lowest BCUT2D eigenvalue weighted by Gasteiger charge is -2.04. The molecule has 0 saturated heterocycles. The first-order chi connectivity index (χ1) is 8.15. The maximum atomic E-state index is 10.6. The molecule has 1 aromatic heterocycles. The quantitative estimate of drug-likeness (QED) is 0.905. The van der Waals surface area contributed by atoms with E-state index in [1.165, 1.54) is 12.1 Å². The number of aromatic carboxylic acids is 1. The Labute approximate surface area is 103 Å². The average Bonchev–Trinajstić information content (AvgIpc) is 2.73. The second kappa shape index (κ2) is 4.97. The third-order valence-corrected chi connectivity index (χ3v) is 3.04. The molecule has 0 saturated carbocycles. The van der Waals surface area contributed by atoms with E-state index in [-0.39, 0.29) is 5.56 Å². The summed E-state index contributed by atoms with van der Waals surface area (Å²) in [6.07, 6.45) is 1.78. The van der Waals surface area contributed by atoms with Gasteiger partial charge in [0.2, 0.25) is 0 Å². The molecule has 0 fully saturated rings. The van der Waals surface area contributed by atoms with Crippen molar-refractivity contribution >= 4 is 17.3 Å². The van der Waals surface area contributed by atoms with Crippen LogP contribution in [0.3, 0.4) is 0 Å². The van der Waals surface area contributed by atoms with Crippen molar-refractivity contribution in [1.29, 1.82) is 0 Å². The van der Waals surface area contributed by atoms with Gasteiger partial charge in [-0.1, -0.05) is 0 Å². The Balaban J connectivity index is 1.97. The maximum absolute atomic E-state index is 10.6. The first-order valence-electron chi connectivity index (χ1n) is 5.02. The van der Waals surface area contributed by atoms with E-state index in [9.17, 15) is 4.79 Å². The number of benzene rings is 1. The van der Waals surface area contributed by atoms with Gasteiger partial charge in [-0.15, -0.1) is 11.3 Å². The summed E-state index contributed by atoms with van der Waals surface area (Å²) in [6.45, 7) is 2.40. The average molecular weight is 249 g/mol. The van der Waals surface area contributed by atoms with E-state index in [4.69, 9.17) is 9.84 Å². The number of carbonyl (C=O) groups is 1. The van der Waals surface area contributed by atoms with Crippen LogP contribution in [-0.2, 0) is 6.61 Å². The molecule has 0 radical (unpaired) electrons. The van der Waals surface area contributed by atoms with E-state index in [1.54, 1.807) is 29.7 Å². The lowest BCUT2D eigenvalue weighted by atomic mass is 10.2. The number of rotatable bonds is 4. The minimum Gasteiger partial charge on any atom is -0.488 e. The van der Waals surface area contributed by atoms with Gasteiger partial charge in [-0.05, 0) is 31.2 Å². The summed E-state index contributed by atoms with van der Waals surface area (Å²) in [5, 5.41) is 9.74. The Hall–Kier alpha value is -1.88. The molecule has 2 aromatic rings. The summed E-state index contributed by atoms with van der Waals surface area (Å²) >= 11 is 1.58. The highest BCUT2D eigenvalue weighted by atomic mass is 32.1. The smallest absolute Gasteiger partial charge is 0.335 e. The van der Waals surface area contributed by atoms with E-state index in [0.29, 0.717) is 12.4 Å². The van der Waals surface area contributed by atoms with Gasteiger partial charge in [0, 0.05) is 6.20 Å². The second-order valence-electron chi connectivity index (χ2n) is 3.46. The summed E-state index contributed by atoms with van der Waals surface area (Å²) in [4.78, 5) is 15.8. The Kier molecular flexibility index (Phi) is 3.39. The van der Waals surface area contributed by atoms with Gasteiger partial charge in [-0.3, -0.25) is 0 Å². The number of thiazole rings is 1. The monoisotopic (exact) mass is 249 g/mol. The number of carboxylic acid groups (broad SMARTS) is 1. The molecule has 2 rings (SSSR count). The molecule has 88 valence electrons. The Morgan fingerprint density at radius 3 is 2.65 bits per heavy atom. The normalized spacial score (nSPS) is 10.2. The van der Waals surface area contributed by atoms with Gasteiger partial charge < -0.3 is 9.84 Å². The molecule has 0 unspecified atom stereocenters. The highest BCUT2D eigenvalue weighted by Gasteiger charge is 2.03. The van der Waals surface area contributed by atoms with E-state index < -0.39 is 5.97 Å². The van der Waals surface area contributed by atoms with Crippen LogP contribution >= 0.6 is 11.3 Å². The predicted octanol–water partition coefficient (Wildman–Crippen LogP) is 2.73. The molecule has 1 N–H and O–H groups in total. The van der Waals surface area contributed by atoms with Gasteiger partial charge >= 0.3 is 5.97 Å². The van der Waals surface area contributed by atoms with Crippen LogP contribution in [0.4, 0.5) is 0 Å². The minimum atomic E-state index is -0.936. The fourth-order valence-corrected chi connectivity index (χ4v) is 2.03. The molecular formula is C12H11NO3S. The number of nitrogens with zero attached hydrogens (tertiary/aromatic N) is 1. The van der Waals surface area contributed by atoms with Crippen molar-refractivity contribution in [2.45, 2.75) is 13.5 Å². The number of hydrogen-bond donors (Lipinski definition) is 1. The predicted molar refractivity (Wildman–Crippen MR) is 64.6 cm³/mol.